The second kappa shape index (κ2) is 6.64. The van der Waals surface area contributed by atoms with Crippen LogP contribution in [0.5, 0.6) is 0 Å². The Kier molecular flexibility index (Phi) is 5.83. The molecule has 0 bridgehead atoms. The number of rotatable bonds is 6. The van der Waals surface area contributed by atoms with E-state index in [0.717, 1.165) is 5.75 Å². The number of thioether (sulfide) groups is 1. The second-order valence-electron chi connectivity index (χ2n) is 4.33. The van der Waals surface area contributed by atoms with Crippen molar-refractivity contribution < 1.29 is 0 Å². The first-order valence-corrected chi connectivity index (χ1v) is 7.90. The van der Waals surface area contributed by atoms with Crippen molar-refractivity contribution in [3.63, 3.8) is 0 Å². The molecule has 0 spiro atoms. The smallest absolute Gasteiger partial charge is 0.0504 e. The topological polar surface area (TPSA) is 29.3 Å². The van der Waals surface area contributed by atoms with Crippen molar-refractivity contribution in [3.8, 4) is 0 Å². The summed E-state index contributed by atoms with van der Waals surface area (Å²) in [4.78, 5) is 2.39. The monoisotopic (exact) mass is 258 g/mol. The summed E-state index contributed by atoms with van der Waals surface area (Å²) >= 11 is 3.62. The minimum absolute atomic E-state index is 0.156. The largest absolute Gasteiger partial charge is 0.326 e. The average molecular weight is 258 g/mol. The summed E-state index contributed by atoms with van der Waals surface area (Å²) in [7, 11) is 2.17. The van der Waals surface area contributed by atoms with Gasteiger partial charge >= 0.3 is 0 Å². The lowest BCUT2D eigenvalue weighted by Crippen LogP contribution is -2.42. The molecule has 3 unspecified atom stereocenters. The van der Waals surface area contributed by atoms with Gasteiger partial charge in [-0.2, -0.15) is 23.1 Å². The molecule has 0 fully saturated rings. The van der Waals surface area contributed by atoms with Crippen LogP contribution in [0.15, 0.2) is 16.8 Å². The third-order valence-electron chi connectivity index (χ3n) is 2.92. The summed E-state index contributed by atoms with van der Waals surface area (Å²) in [6, 6.07) is 3.21. The van der Waals surface area contributed by atoms with Crippen LogP contribution in [0.2, 0.25) is 0 Å². The van der Waals surface area contributed by atoms with Gasteiger partial charge in [-0.3, -0.25) is 4.90 Å². The number of hydrogen-bond acceptors (Lipinski definition) is 4. The number of likely N-dealkylation sites (N-methyl/N-ethyl adjacent to an activating group) is 1. The van der Waals surface area contributed by atoms with Gasteiger partial charge < -0.3 is 5.73 Å². The van der Waals surface area contributed by atoms with E-state index in [1.54, 1.807) is 11.3 Å². The van der Waals surface area contributed by atoms with Gasteiger partial charge in [-0.1, -0.05) is 0 Å². The first kappa shape index (κ1) is 14.0. The van der Waals surface area contributed by atoms with E-state index < -0.39 is 0 Å². The van der Waals surface area contributed by atoms with Crippen LogP contribution >= 0.6 is 23.1 Å². The number of nitrogens with two attached hydrogens (primary N) is 1. The van der Waals surface area contributed by atoms with Gasteiger partial charge in [0.15, 0.2) is 0 Å². The van der Waals surface area contributed by atoms with E-state index in [-0.39, 0.29) is 6.04 Å². The quantitative estimate of drug-likeness (QED) is 0.851. The highest BCUT2D eigenvalue weighted by Crippen LogP contribution is 2.26. The van der Waals surface area contributed by atoms with Gasteiger partial charge in [-0.05, 0) is 49.5 Å². The Balaban J connectivity index is 2.78. The standard InChI is InChI=1S/C12H22N2S2/c1-9(7-15-4)14(3)12(10(2)13)11-5-6-16-8-11/h5-6,8-10,12H,7,13H2,1-4H3. The van der Waals surface area contributed by atoms with E-state index >= 15 is 0 Å². The van der Waals surface area contributed by atoms with Gasteiger partial charge in [0.1, 0.15) is 0 Å². The first-order valence-electron chi connectivity index (χ1n) is 5.56. The Hall–Kier alpha value is -0.0300. The van der Waals surface area contributed by atoms with Gasteiger partial charge in [-0.25, -0.2) is 0 Å². The number of thiophene rings is 1. The van der Waals surface area contributed by atoms with E-state index in [0.29, 0.717) is 12.1 Å². The van der Waals surface area contributed by atoms with Crippen LogP contribution in [0.25, 0.3) is 0 Å². The minimum atomic E-state index is 0.156. The molecule has 0 aliphatic rings. The maximum atomic E-state index is 6.12. The molecule has 1 rings (SSSR count). The van der Waals surface area contributed by atoms with Crippen molar-refractivity contribution in [3.05, 3.63) is 22.4 Å². The third kappa shape index (κ3) is 3.48. The highest BCUT2D eigenvalue weighted by molar-refractivity contribution is 7.98. The Morgan fingerprint density at radius 2 is 2.19 bits per heavy atom. The molecule has 0 amide bonds. The average Bonchev–Trinajstić information content (AvgIpc) is 2.71. The highest BCUT2D eigenvalue weighted by Gasteiger charge is 2.24. The molecule has 0 saturated heterocycles. The van der Waals surface area contributed by atoms with Crippen molar-refractivity contribution in [2.45, 2.75) is 32.0 Å². The minimum Gasteiger partial charge on any atom is -0.326 e. The van der Waals surface area contributed by atoms with Crippen LogP contribution in [0.3, 0.4) is 0 Å². The predicted octanol–water partition coefficient (Wildman–Crippen LogP) is 2.82. The highest BCUT2D eigenvalue weighted by atomic mass is 32.2. The molecule has 1 heterocycles. The molecule has 0 saturated carbocycles. The summed E-state index contributed by atoms with van der Waals surface area (Å²) < 4.78 is 0. The predicted molar refractivity (Wildman–Crippen MR) is 76.3 cm³/mol. The molecule has 2 nitrogen and oxygen atoms in total. The van der Waals surface area contributed by atoms with Crippen molar-refractivity contribution in [1.29, 1.82) is 0 Å². The summed E-state index contributed by atoms with van der Waals surface area (Å²) in [6.45, 7) is 4.35. The zero-order valence-corrected chi connectivity index (χ0v) is 12.1. The molecule has 92 valence electrons. The van der Waals surface area contributed by atoms with Crippen molar-refractivity contribution >= 4 is 23.1 Å². The second-order valence-corrected chi connectivity index (χ2v) is 6.02. The number of hydrogen-bond donors (Lipinski definition) is 1. The van der Waals surface area contributed by atoms with E-state index in [4.69, 9.17) is 5.73 Å². The normalized spacial score (nSPS) is 17.4. The summed E-state index contributed by atoms with van der Waals surface area (Å²) in [6.07, 6.45) is 2.15. The lowest BCUT2D eigenvalue weighted by molar-refractivity contribution is 0.179. The van der Waals surface area contributed by atoms with Crippen LogP contribution in [-0.4, -0.2) is 36.0 Å². The summed E-state index contributed by atoms with van der Waals surface area (Å²) in [5.74, 6) is 1.14. The van der Waals surface area contributed by atoms with Crippen LogP contribution in [0, 0.1) is 0 Å². The van der Waals surface area contributed by atoms with Crippen molar-refractivity contribution in [2.24, 2.45) is 5.73 Å². The summed E-state index contributed by atoms with van der Waals surface area (Å²) in [5, 5.41) is 4.33. The van der Waals surface area contributed by atoms with E-state index in [1.165, 1.54) is 5.56 Å². The first-order chi connectivity index (χ1) is 7.57. The van der Waals surface area contributed by atoms with E-state index in [2.05, 4.69) is 48.9 Å². The molecular formula is C12H22N2S2. The zero-order valence-electron chi connectivity index (χ0n) is 10.5. The number of nitrogens with zero attached hydrogens (tertiary/aromatic N) is 1. The van der Waals surface area contributed by atoms with Crippen molar-refractivity contribution in [1.82, 2.24) is 4.90 Å². The maximum absolute atomic E-state index is 6.12. The fourth-order valence-electron chi connectivity index (χ4n) is 1.99. The van der Waals surface area contributed by atoms with Crippen LogP contribution in [0.4, 0.5) is 0 Å². The Bertz CT molecular complexity index is 285. The Morgan fingerprint density at radius 3 is 2.62 bits per heavy atom. The SMILES string of the molecule is CSCC(C)N(C)C(c1ccsc1)C(C)N. The third-order valence-corrected chi connectivity index (χ3v) is 4.44. The van der Waals surface area contributed by atoms with Gasteiger partial charge in [0.2, 0.25) is 0 Å². The Morgan fingerprint density at radius 1 is 1.50 bits per heavy atom. The molecule has 3 atom stereocenters. The van der Waals surface area contributed by atoms with Crippen LogP contribution in [0.1, 0.15) is 25.5 Å². The lowest BCUT2D eigenvalue weighted by Gasteiger charge is -2.35. The van der Waals surface area contributed by atoms with E-state index in [9.17, 15) is 0 Å². The van der Waals surface area contributed by atoms with E-state index in [1.807, 2.05) is 11.8 Å². The molecular weight excluding hydrogens is 236 g/mol. The molecule has 4 heteroatoms. The van der Waals surface area contributed by atoms with Gasteiger partial charge in [-0.15, -0.1) is 0 Å². The van der Waals surface area contributed by atoms with Gasteiger partial charge in [0.05, 0.1) is 6.04 Å². The van der Waals surface area contributed by atoms with Gasteiger partial charge in [0.25, 0.3) is 0 Å². The Labute approximate surface area is 107 Å². The van der Waals surface area contributed by atoms with Crippen molar-refractivity contribution in [2.75, 3.05) is 19.1 Å². The molecule has 16 heavy (non-hydrogen) atoms. The zero-order chi connectivity index (χ0) is 12.1. The molecule has 0 aliphatic heterocycles. The van der Waals surface area contributed by atoms with Crippen LogP contribution in [-0.2, 0) is 0 Å². The fourth-order valence-corrected chi connectivity index (χ4v) is 3.39. The molecule has 0 radical (unpaired) electrons. The molecule has 0 aromatic carbocycles. The lowest BCUT2D eigenvalue weighted by atomic mass is 10.0. The summed E-state index contributed by atoms with van der Waals surface area (Å²) in [5.41, 5.74) is 7.46. The molecule has 1 aromatic heterocycles. The van der Waals surface area contributed by atoms with Gasteiger partial charge in [0, 0.05) is 17.8 Å². The van der Waals surface area contributed by atoms with Crippen LogP contribution < -0.4 is 5.73 Å². The molecule has 1 aromatic rings. The molecule has 2 N–H and O–H groups in total. The molecule has 0 aliphatic carbocycles. The fraction of sp³-hybridized carbons (Fsp3) is 0.667. The maximum Gasteiger partial charge on any atom is 0.0504 e.